The molecule has 4 nitrogen and oxygen atoms in total. The van der Waals surface area contributed by atoms with Crippen LogP contribution in [0.1, 0.15) is 47.6 Å². The largest absolute Gasteiger partial charge is 0.480 e. The second-order valence-electron chi connectivity index (χ2n) is 6.45. The van der Waals surface area contributed by atoms with E-state index < -0.39 is 12.0 Å². The maximum absolute atomic E-state index is 12.3. The van der Waals surface area contributed by atoms with Crippen molar-refractivity contribution in [2.24, 2.45) is 0 Å². The molecule has 0 radical (unpaired) electrons. The predicted octanol–water partition coefficient (Wildman–Crippen LogP) is 4.27. The molecule has 134 valence electrons. The second-order valence-corrected chi connectivity index (χ2v) is 6.92. The molecule has 0 spiro atoms. The van der Waals surface area contributed by atoms with E-state index in [0.29, 0.717) is 23.4 Å². The van der Waals surface area contributed by atoms with Crippen molar-refractivity contribution in [3.8, 4) is 0 Å². The fraction of sp³-hybridized carbons (Fsp3) is 0.286. The molecule has 0 aromatic heterocycles. The van der Waals surface area contributed by atoms with Crippen LogP contribution < -0.4 is 0 Å². The van der Waals surface area contributed by atoms with Gasteiger partial charge in [-0.25, -0.2) is 4.79 Å². The van der Waals surface area contributed by atoms with Gasteiger partial charge in [0, 0.05) is 18.4 Å². The van der Waals surface area contributed by atoms with Gasteiger partial charge in [-0.3, -0.25) is 4.79 Å². The highest BCUT2D eigenvalue weighted by Crippen LogP contribution is 2.37. The number of rotatable bonds is 6. The van der Waals surface area contributed by atoms with E-state index in [1.165, 1.54) is 0 Å². The Balaban J connectivity index is 1.73. The molecule has 26 heavy (non-hydrogen) atoms. The van der Waals surface area contributed by atoms with Gasteiger partial charge in [0.1, 0.15) is 6.04 Å². The van der Waals surface area contributed by atoms with Gasteiger partial charge in [-0.15, -0.1) is 0 Å². The Hall–Kier alpha value is -2.53. The summed E-state index contributed by atoms with van der Waals surface area (Å²) in [5.74, 6) is -0.838. The third-order valence-corrected chi connectivity index (χ3v) is 5.22. The summed E-state index contributed by atoms with van der Waals surface area (Å²) >= 11 is 5.57. The van der Waals surface area contributed by atoms with Crippen LogP contribution in [0.4, 0.5) is 0 Å². The van der Waals surface area contributed by atoms with Crippen molar-refractivity contribution in [1.82, 2.24) is 4.90 Å². The van der Waals surface area contributed by atoms with Crippen LogP contribution in [0.25, 0.3) is 0 Å². The molecule has 1 fully saturated rings. The third-order valence-electron chi connectivity index (χ3n) is 4.80. The first-order valence-corrected chi connectivity index (χ1v) is 9.16. The normalized spacial score (nSPS) is 19.3. The van der Waals surface area contributed by atoms with E-state index in [0.717, 1.165) is 12.0 Å². The van der Waals surface area contributed by atoms with E-state index in [4.69, 9.17) is 12.2 Å². The van der Waals surface area contributed by atoms with Crippen LogP contribution >= 0.6 is 12.2 Å². The lowest BCUT2D eigenvalue weighted by atomic mass is 10.0. The molecule has 1 saturated heterocycles. The Kier molecular flexibility index (Phi) is 5.78. The summed E-state index contributed by atoms with van der Waals surface area (Å²) in [5, 5.41) is 9.58. The number of benzene rings is 2. The van der Waals surface area contributed by atoms with Crippen molar-refractivity contribution >= 4 is 29.0 Å². The Morgan fingerprint density at radius 1 is 0.962 bits per heavy atom. The molecule has 1 aliphatic heterocycles. The van der Waals surface area contributed by atoms with E-state index in [9.17, 15) is 14.7 Å². The van der Waals surface area contributed by atoms with Crippen LogP contribution in [0, 0.1) is 0 Å². The topological polar surface area (TPSA) is 57.6 Å². The fourth-order valence-corrected chi connectivity index (χ4v) is 3.88. The molecule has 1 aliphatic rings. The van der Waals surface area contributed by atoms with Crippen molar-refractivity contribution in [2.45, 2.75) is 37.8 Å². The quantitative estimate of drug-likeness (QED) is 0.610. The summed E-state index contributed by atoms with van der Waals surface area (Å²) in [6, 6.07) is 18.3. The summed E-state index contributed by atoms with van der Waals surface area (Å²) in [6.45, 7) is 0. The Morgan fingerprint density at radius 2 is 1.58 bits per heavy atom. The van der Waals surface area contributed by atoms with Gasteiger partial charge in [-0.1, -0.05) is 72.9 Å². The average molecular weight is 367 g/mol. The van der Waals surface area contributed by atoms with Crippen molar-refractivity contribution in [1.29, 1.82) is 0 Å². The molecular weight excluding hydrogens is 346 g/mol. The number of Topliss-reactive ketones (excluding diaryl/α,β-unsaturated/α-hetero) is 1. The lowest BCUT2D eigenvalue weighted by molar-refractivity contribution is -0.141. The van der Waals surface area contributed by atoms with Gasteiger partial charge < -0.3 is 10.0 Å². The first-order valence-electron chi connectivity index (χ1n) is 8.75. The molecule has 0 bridgehead atoms. The van der Waals surface area contributed by atoms with Gasteiger partial charge >= 0.3 is 5.97 Å². The molecule has 0 saturated carbocycles. The molecule has 0 unspecified atom stereocenters. The van der Waals surface area contributed by atoms with Gasteiger partial charge in [0.05, 0.1) is 11.0 Å². The Bertz CT molecular complexity index is 791. The highest BCUT2D eigenvalue weighted by Gasteiger charge is 2.39. The zero-order valence-electron chi connectivity index (χ0n) is 14.4. The monoisotopic (exact) mass is 367 g/mol. The second kappa shape index (κ2) is 8.23. The molecule has 5 heteroatoms. The third kappa shape index (κ3) is 3.99. The number of aliphatic carboxylic acids is 1. The highest BCUT2D eigenvalue weighted by atomic mass is 32.1. The van der Waals surface area contributed by atoms with E-state index >= 15 is 0 Å². The molecule has 1 heterocycles. The minimum Gasteiger partial charge on any atom is -0.480 e. The van der Waals surface area contributed by atoms with E-state index in [1.54, 1.807) is 12.1 Å². The number of hydrogen-bond donors (Lipinski definition) is 1. The summed E-state index contributed by atoms with van der Waals surface area (Å²) in [7, 11) is 0. The average Bonchev–Trinajstić information content (AvgIpc) is 3.13. The van der Waals surface area contributed by atoms with Crippen molar-refractivity contribution in [3.63, 3.8) is 0 Å². The maximum Gasteiger partial charge on any atom is 0.326 e. The zero-order chi connectivity index (χ0) is 18.5. The van der Waals surface area contributed by atoms with Crippen LogP contribution in [0.5, 0.6) is 0 Å². The first-order chi connectivity index (χ1) is 12.6. The summed E-state index contributed by atoms with van der Waals surface area (Å²) in [4.78, 5) is 26.4. The first kappa shape index (κ1) is 18.3. The zero-order valence-corrected chi connectivity index (χ0v) is 15.2. The Labute approximate surface area is 158 Å². The minimum absolute atomic E-state index is 0.0234. The SMILES string of the molecule is O=C(CCC(=S)N1[C@@H](c2ccccc2)CC[C@H]1C(=O)O)c1ccccc1. The molecule has 3 rings (SSSR count). The number of likely N-dealkylation sites (tertiary alicyclic amines) is 1. The molecule has 2 aromatic carbocycles. The molecular formula is C21H21NO3S. The summed E-state index contributed by atoms with van der Waals surface area (Å²) in [5.41, 5.74) is 1.72. The number of carboxylic acid groups (broad SMARTS) is 1. The van der Waals surface area contributed by atoms with E-state index in [2.05, 4.69) is 0 Å². The smallest absolute Gasteiger partial charge is 0.326 e. The number of hydrogen-bond acceptors (Lipinski definition) is 3. The molecule has 0 aliphatic carbocycles. The van der Waals surface area contributed by atoms with E-state index in [1.807, 2.05) is 53.4 Å². The van der Waals surface area contributed by atoms with Gasteiger partial charge in [-0.2, -0.15) is 0 Å². The summed E-state index contributed by atoms with van der Waals surface area (Å²) in [6.07, 6.45) is 1.97. The highest BCUT2D eigenvalue weighted by molar-refractivity contribution is 7.80. The number of nitrogens with zero attached hydrogens (tertiary/aromatic N) is 1. The number of carboxylic acids is 1. The predicted molar refractivity (Wildman–Crippen MR) is 104 cm³/mol. The van der Waals surface area contributed by atoms with Gasteiger partial charge in [0.15, 0.2) is 5.78 Å². The molecule has 1 N–H and O–H groups in total. The maximum atomic E-state index is 12.3. The van der Waals surface area contributed by atoms with Crippen LogP contribution in [-0.4, -0.2) is 32.8 Å². The number of carbonyl (C=O) groups excluding carboxylic acids is 1. The standard InChI is InChI=1S/C21H21NO3S/c23-19(16-9-5-2-6-10-16)13-14-20(26)22-17(11-12-18(22)21(24)25)15-7-3-1-4-8-15/h1-10,17-18H,11-14H2,(H,24,25)/t17-,18+/m1/s1. The fourth-order valence-electron chi connectivity index (χ4n) is 3.52. The van der Waals surface area contributed by atoms with Gasteiger partial charge in [0.2, 0.25) is 0 Å². The van der Waals surface area contributed by atoms with Crippen molar-refractivity contribution < 1.29 is 14.7 Å². The number of carbonyl (C=O) groups is 2. The summed E-state index contributed by atoms with van der Waals surface area (Å²) < 4.78 is 0. The van der Waals surface area contributed by atoms with Crippen molar-refractivity contribution in [3.05, 3.63) is 71.8 Å². The Morgan fingerprint density at radius 3 is 2.19 bits per heavy atom. The minimum atomic E-state index is -0.861. The van der Waals surface area contributed by atoms with E-state index in [-0.39, 0.29) is 18.2 Å². The van der Waals surface area contributed by atoms with Crippen LogP contribution in [-0.2, 0) is 4.79 Å². The number of thiocarbonyl (C=S) groups is 1. The molecule has 2 atom stereocenters. The molecule has 2 aromatic rings. The van der Waals surface area contributed by atoms with Crippen molar-refractivity contribution in [2.75, 3.05) is 0 Å². The van der Waals surface area contributed by atoms with Gasteiger partial charge in [-0.05, 0) is 18.4 Å². The van der Waals surface area contributed by atoms with Crippen LogP contribution in [0.2, 0.25) is 0 Å². The van der Waals surface area contributed by atoms with Crippen LogP contribution in [0.15, 0.2) is 60.7 Å². The molecule has 0 amide bonds. The number of ketones is 1. The lowest BCUT2D eigenvalue weighted by Crippen LogP contribution is -2.41. The van der Waals surface area contributed by atoms with Gasteiger partial charge in [0.25, 0.3) is 0 Å². The van der Waals surface area contributed by atoms with Crippen LogP contribution in [0.3, 0.4) is 0 Å². The lowest BCUT2D eigenvalue weighted by Gasteiger charge is -2.31.